The lowest BCUT2D eigenvalue weighted by Crippen LogP contribution is -2.27. The Morgan fingerprint density at radius 3 is 2.09 bits per heavy atom. The molecule has 0 aliphatic carbocycles. The Morgan fingerprint density at radius 2 is 1.82 bits per heavy atom. The van der Waals surface area contributed by atoms with Crippen LogP contribution in [0.15, 0.2) is 0 Å². The average Bonchev–Trinajstić information content (AvgIpc) is 1.87. The molecule has 0 aliphatic rings. The molecule has 0 fully saturated rings. The van der Waals surface area contributed by atoms with Gasteiger partial charge in [0.1, 0.15) is 6.61 Å². The predicted molar refractivity (Wildman–Crippen MR) is 30.8 cm³/mol. The van der Waals surface area contributed by atoms with E-state index in [1.54, 1.807) is 0 Å². The maximum absolute atomic E-state index is 10.1. The molecule has 0 unspecified atom stereocenters. The standard InChI is InChI=1S/C5H6O6/c6-2-11-1-3(4(7)8)5(9)10/h2-3H,1H2,(H,7,8)(H,9,10). The van der Waals surface area contributed by atoms with Gasteiger partial charge in [0, 0.05) is 0 Å². The van der Waals surface area contributed by atoms with E-state index in [1.165, 1.54) is 0 Å². The molecule has 0 radical (unpaired) electrons. The van der Waals surface area contributed by atoms with Gasteiger partial charge in [0.05, 0.1) is 0 Å². The minimum absolute atomic E-state index is 0.00111. The Bertz CT molecular complexity index is 160. The lowest BCUT2D eigenvalue weighted by Gasteiger charge is -2.03. The van der Waals surface area contributed by atoms with E-state index in [0.29, 0.717) is 0 Å². The summed E-state index contributed by atoms with van der Waals surface area (Å²) in [7, 11) is 0. The van der Waals surface area contributed by atoms with E-state index in [0.717, 1.165) is 0 Å². The van der Waals surface area contributed by atoms with E-state index < -0.39 is 24.5 Å². The summed E-state index contributed by atoms with van der Waals surface area (Å²) >= 11 is 0. The van der Waals surface area contributed by atoms with Crippen molar-refractivity contribution >= 4 is 18.4 Å². The molecule has 0 atom stereocenters. The highest BCUT2D eigenvalue weighted by molar-refractivity contribution is 5.93. The highest BCUT2D eigenvalue weighted by Crippen LogP contribution is 1.96. The number of hydrogen-bond donors (Lipinski definition) is 2. The lowest BCUT2D eigenvalue weighted by atomic mass is 10.2. The summed E-state index contributed by atoms with van der Waals surface area (Å²) in [5.41, 5.74) is 0. The Morgan fingerprint density at radius 1 is 1.36 bits per heavy atom. The number of ether oxygens (including phenoxy) is 1. The van der Waals surface area contributed by atoms with Crippen LogP contribution in [0.1, 0.15) is 0 Å². The topological polar surface area (TPSA) is 101 Å². The molecule has 0 bridgehead atoms. The van der Waals surface area contributed by atoms with E-state index in [2.05, 4.69) is 4.74 Å². The first-order chi connectivity index (χ1) is 5.09. The fourth-order valence-electron chi connectivity index (χ4n) is 0.384. The first-order valence-corrected chi connectivity index (χ1v) is 2.60. The summed E-state index contributed by atoms with van der Waals surface area (Å²) < 4.78 is 3.98. The van der Waals surface area contributed by atoms with Crippen molar-refractivity contribution in [1.82, 2.24) is 0 Å². The van der Waals surface area contributed by atoms with Gasteiger partial charge >= 0.3 is 11.9 Å². The van der Waals surface area contributed by atoms with Crippen molar-refractivity contribution in [2.45, 2.75) is 0 Å². The van der Waals surface area contributed by atoms with Crippen LogP contribution in [-0.4, -0.2) is 35.2 Å². The fraction of sp³-hybridized carbons (Fsp3) is 0.400. The van der Waals surface area contributed by atoms with Gasteiger partial charge in [-0.1, -0.05) is 0 Å². The van der Waals surface area contributed by atoms with Crippen molar-refractivity contribution in [2.24, 2.45) is 5.92 Å². The van der Waals surface area contributed by atoms with Gasteiger partial charge in [0.15, 0.2) is 5.92 Å². The van der Waals surface area contributed by atoms with Crippen molar-refractivity contribution in [3.05, 3.63) is 0 Å². The van der Waals surface area contributed by atoms with Gasteiger partial charge in [-0.2, -0.15) is 0 Å². The van der Waals surface area contributed by atoms with E-state index in [-0.39, 0.29) is 6.47 Å². The third kappa shape index (κ3) is 3.19. The SMILES string of the molecule is O=COCC(C(=O)O)C(=O)O. The molecule has 6 nitrogen and oxygen atoms in total. The smallest absolute Gasteiger partial charge is 0.321 e. The Hall–Kier alpha value is -1.59. The van der Waals surface area contributed by atoms with Gasteiger partial charge < -0.3 is 14.9 Å². The molecule has 11 heavy (non-hydrogen) atoms. The molecule has 0 spiro atoms. The molecule has 2 N–H and O–H groups in total. The lowest BCUT2D eigenvalue weighted by molar-refractivity contribution is -0.157. The van der Waals surface area contributed by atoms with E-state index in [1.807, 2.05) is 0 Å². The molecular weight excluding hydrogens is 156 g/mol. The molecule has 0 saturated heterocycles. The molecule has 0 rings (SSSR count). The maximum Gasteiger partial charge on any atom is 0.321 e. The van der Waals surface area contributed by atoms with Crippen LogP contribution in [0.4, 0.5) is 0 Å². The summed E-state index contributed by atoms with van der Waals surface area (Å²) in [5.74, 6) is -4.74. The molecule has 0 aromatic carbocycles. The number of carboxylic acids is 2. The summed E-state index contributed by atoms with van der Waals surface area (Å²) in [6, 6.07) is 0. The summed E-state index contributed by atoms with van der Waals surface area (Å²) in [6.07, 6.45) is 0. The average molecular weight is 162 g/mol. The Kier molecular flexibility index (Phi) is 3.65. The Balaban J connectivity index is 4.00. The number of aliphatic carboxylic acids is 2. The van der Waals surface area contributed by atoms with Crippen LogP contribution in [0.5, 0.6) is 0 Å². The molecule has 0 aliphatic heterocycles. The molecular formula is C5H6O6. The number of carboxylic acid groups (broad SMARTS) is 2. The monoisotopic (exact) mass is 162 g/mol. The molecule has 0 saturated carbocycles. The highest BCUT2D eigenvalue weighted by atomic mass is 16.5. The second-order valence-corrected chi connectivity index (χ2v) is 1.66. The first kappa shape index (κ1) is 9.41. The predicted octanol–water partition coefficient (Wildman–Crippen LogP) is -1.06. The van der Waals surface area contributed by atoms with Gasteiger partial charge in [-0.15, -0.1) is 0 Å². The van der Waals surface area contributed by atoms with Crippen molar-refractivity contribution < 1.29 is 29.3 Å². The van der Waals surface area contributed by atoms with Crippen LogP contribution in [0.2, 0.25) is 0 Å². The van der Waals surface area contributed by atoms with Crippen LogP contribution < -0.4 is 0 Å². The third-order valence-corrected chi connectivity index (χ3v) is 0.927. The Labute approximate surface area is 61.4 Å². The van der Waals surface area contributed by atoms with Gasteiger partial charge in [-0.05, 0) is 0 Å². The minimum Gasteiger partial charge on any atom is -0.481 e. The van der Waals surface area contributed by atoms with Crippen molar-refractivity contribution in [3.63, 3.8) is 0 Å². The summed E-state index contributed by atoms with van der Waals surface area (Å²) in [6.45, 7) is -0.646. The van der Waals surface area contributed by atoms with Crippen LogP contribution in [0.25, 0.3) is 0 Å². The zero-order chi connectivity index (χ0) is 8.85. The van der Waals surface area contributed by atoms with E-state index in [4.69, 9.17) is 10.2 Å². The molecule has 0 aromatic heterocycles. The summed E-state index contributed by atoms with van der Waals surface area (Å²) in [5, 5.41) is 16.4. The second kappa shape index (κ2) is 4.26. The van der Waals surface area contributed by atoms with E-state index >= 15 is 0 Å². The number of carbonyl (C=O) groups is 3. The quantitative estimate of drug-likeness (QED) is 0.395. The zero-order valence-electron chi connectivity index (χ0n) is 5.39. The van der Waals surface area contributed by atoms with E-state index in [9.17, 15) is 14.4 Å². The van der Waals surface area contributed by atoms with Crippen molar-refractivity contribution in [2.75, 3.05) is 6.61 Å². The largest absolute Gasteiger partial charge is 0.481 e. The summed E-state index contributed by atoms with van der Waals surface area (Å²) in [4.78, 5) is 29.7. The van der Waals surface area contributed by atoms with Crippen molar-refractivity contribution in [3.8, 4) is 0 Å². The molecule has 0 amide bonds. The minimum atomic E-state index is -1.68. The maximum atomic E-state index is 10.1. The van der Waals surface area contributed by atoms with Gasteiger partial charge in [-0.25, -0.2) is 0 Å². The number of carbonyl (C=O) groups excluding carboxylic acids is 1. The zero-order valence-corrected chi connectivity index (χ0v) is 5.39. The first-order valence-electron chi connectivity index (χ1n) is 2.60. The number of rotatable bonds is 5. The van der Waals surface area contributed by atoms with Crippen LogP contribution in [0, 0.1) is 5.92 Å². The molecule has 62 valence electrons. The second-order valence-electron chi connectivity index (χ2n) is 1.66. The van der Waals surface area contributed by atoms with Crippen molar-refractivity contribution in [1.29, 1.82) is 0 Å². The van der Waals surface area contributed by atoms with Crippen LogP contribution in [-0.2, 0) is 19.1 Å². The normalized spacial score (nSPS) is 9.18. The van der Waals surface area contributed by atoms with Crippen LogP contribution in [0.3, 0.4) is 0 Å². The number of hydrogen-bond acceptors (Lipinski definition) is 4. The fourth-order valence-corrected chi connectivity index (χ4v) is 0.384. The molecule has 0 aromatic rings. The van der Waals surface area contributed by atoms with Gasteiger partial charge in [-0.3, -0.25) is 14.4 Å². The highest BCUT2D eigenvalue weighted by Gasteiger charge is 2.26. The van der Waals surface area contributed by atoms with Gasteiger partial charge in [0.2, 0.25) is 0 Å². The van der Waals surface area contributed by atoms with Crippen LogP contribution >= 0.6 is 0 Å². The third-order valence-electron chi connectivity index (χ3n) is 0.927. The molecule has 0 heterocycles. The van der Waals surface area contributed by atoms with Gasteiger partial charge in [0.25, 0.3) is 6.47 Å². The molecule has 6 heteroatoms.